The molecule has 1 rings (SSSR count). The average molecular weight is 236 g/mol. The van der Waals surface area contributed by atoms with Gasteiger partial charge in [0.05, 0.1) is 18.2 Å². The highest BCUT2D eigenvalue weighted by Crippen LogP contribution is 2.18. The third-order valence-corrected chi connectivity index (χ3v) is 2.50. The van der Waals surface area contributed by atoms with Crippen LogP contribution in [0.2, 0.25) is 0 Å². The normalized spacial score (nSPS) is 10.8. The number of nitrogens with zero attached hydrogens (tertiary/aromatic N) is 4. The van der Waals surface area contributed by atoms with E-state index in [0.717, 1.165) is 37.6 Å². The second kappa shape index (κ2) is 7.02. The van der Waals surface area contributed by atoms with Crippen LogP contribution in [0.15, 0.2) is 0 Å². The van der Waals surface area contributed by atoms with Gasteiger partial charge in [-0.3, -0.25) is 0 Å². The van der Waals surface area contributed by atoms with E-state index < -0.39 is 0 Å². The molecule has 5 nitrogen and oxygen atoms in total. The number of nitriles is 1. The van der Waals surface area contributed by atoms with Crippen molar-refractivity contribution >= 4 is 0 Å². The van der Waals surface area contributed by atoms with Crippen molar-refractivity contribution in [2.24, 2.45) is 0 Å². The lowest BCUT2D eigenvalue weighted by Crippen LogP contribution is -2.10. The Morgan fingerprint density at radius 1 is 1.47 bits per heavy atom. The molecule has 0 saturated carbocycles. The van der Waals surface area contributed by atoms with Gasteiger partial charge < -0.3 is 4.74 Å². The van der Waals surface area contributed by atoms with Crippen LogP contribution in [0, 0.1) is 11.3 Å². The summed E-state index contributed by atoms with van der Waals surface area (Å²) in [5, 5.41) is 16.9. The highest BCUT2D eigenvalue weighted by atomic mass is 16.5. The first-order valence-corrected chi connectivity index (χ1v) is 6.07. The van der Waals surface area contributed by atoms with Crippen LogP contribution in [0.4, 0.5) is 0 Å². The van der Waals surface area contributed by atoms with Gasteiger partial charge in [-0.25, -0.2) is 4.68 Å². The molecule has 0 saturated heterocycles. The van der Waals surface area contributed by atoms with E-state index >= 15 is 0 Å². The minimum absolute atomic E-state index is 0.332. The van der Waals surface area contributed by atoms with Crippen LogP contribution in [0.3, 0.4) is 0 Å². The molecule has 0 N–H and O–H groups in total. The smallest absolute Gasteiger partial charge is 0.100 e. The molecule has 0 spiro atoms. The van der Waals surface area contributed by atoms with Crippen LogP contribution in [-0.4, -0.2) is 28.2 Å². The fourth-order valence-corrected chi connectivity index (χ4v) is 1.81. The zero-order valence-electron chi connectivity index (χ0n) is 10.8. The first-order valence-electron chi connectivity index (χ1n) is 6.07. The van der Waals surface area contributed by atoms with E-state index in [9.17, 15) is 0 Å². The lowest BCUT2D eigenvalue weighted by Gasteiger charge is -2.10. The van der Waals surface area contributed by atoms with Crippen molar-refractivity contribution in [2.75, 3.05) is 13.2 Å². The highest BCUT2D eigenvalue weighted by Gasteiger charge is 2.15. The van der Waals surface area contributed by atoms with Crippen molar-refractivity contribution in [3.8, 4) is 6.07 Å². The molecule has 17 heavy (non-hydrogen) atoms. The van der Waals surface area contributed by atoms with Gasteiger partial charge in [-0.05, 0) is 19.3 Å². The fourth-order valence-electron chi connectivity index (χ4n) is 1.81. The Morgan fingerprint density at radius 3 is 2.82 bits per heavy atom. The summed E-state index contributed by atoms with van der Waals surface area (Å²) in [7, 11) is 0. The summed E-state index contributed by atoms with van der Waals surface area (Å²) >= 11 is 0. The number of ether oxygens (including phenoxy) is 1. The predicted octanol–water partition coefficient (Wildman–Crippen LogP) is 1.89. The molecule has 0 atom stereocenters. The van der Waals surface area contributed by atoms with Crippen LogP contribution < -0.4 is 0 Å². The third-order valence-electron chi connectivity index (χ3n) is 2.50. The Balaban J connectivity index is 2.68. The molecule has 1 heterocycles. The summed E-state index contributed by atoms with van der Waals surface area (Å²) in [6.07, 6.45) is 1.25. The molecule has 5 heteroatoms. The lowest BCUT2D eigenvalue weighted by molar-refractivity contribution is 0.140. The number of aromatic nitrogens is 3. The molecular weight excluding hydrogens is 216 g/mol. The highest BCUT2D eigenvalue weighted by molar-refractivity contribution is 5.17. The lowest BCUT2D eigenvalue weighted by atomic mass is 10.1. The maximum atomic E-state index is 8.73. The average Bonchev–Trinajstić information content (AvgIpc) is 2.68. The molecule has 0 radical (unpaired) electrons. The van der Waals surface area contributed by atoms with Gasteiger partial charge in [0, 0.05) is 19.8 Å². The van der Waals surface area contributed by atoms with Crippen molar-refractivity contribution in [1.29, 1.82) is 5.26 Å². The van der Waals surface area contributed by atoms with Gasteiger partial charge in [0.25, 0.3) is 0 Å². The van der Waals surface area contributed by atoms with Crippen LogP contribution in [0.25, 0.3) is 0 Å². The van der Waals surface area contributed by atoms with Gasteiger partial charge in [-0.1, -0.05) is 19.1 Å². The van der Waals surface area contributed by atoms with Crippen LogP contribution >= 0.6 is 0 Å². The molecule has 0 aliphatic heterocycles. The monoisotopic (exact) mass is 236 g/mol. The topological polar surface area (TPSA) is 63.7 Å². The Bertz CT molecular complexity index is 378. The van der Waals surface area contributed by atoms with E-state index in [1.807, 2.05) is 11.6 Å². The summed E-state index contributed by atoms with van der Waals surface area (Å²) in [5.74, 6) is 0.334. The summed E-state index contributed by atoms with van der Waals surface area (Å²) in [6.45, 7) is 8.46. The molecule has 0 aliphatic rings. The summed E-state index contributed by atoms with van der Waals surface area (Å²) in [4.78, 5) is 0. The fraction of sp³-hybridized carbons (Fsp3) is 0.750. The molecular formula is C12H20N4O. The van der Waals surface area contributed by atoms with Crippen LogP contribution in [0.1, 0.15) is 44.5 Å². The Kier molecular flexibility index (Phi) is 5.64. The van der Waals surface area contributed by atoms with Crippen LogP contribution in [0.5, 0.6) is 0 Å². The molecule has 0 aromatic carbocycles. The second-order valence-corrected chi connectivity index (χ2v) is 4.18. The molecule has 0 fully saturated rings. The van der Waals surface area contributed by atoms with Crippen molar-refractivity contribution in [3.63, 3.8) is 0 Å². The van der Waals surface area contributed by atoms with Crippen molar-refractivity contribution in [1.82, 2.24) is 15.0 Å². The summed E-state index contributed by atoms with van der Waals surface area (Å²) < 4.78 is 7.20. The molecule has 0 bridgehead atoms. The third kappa shape index (κ3) is 3.82. The summed E-state index contributed by atoms with van der Waals surface area (Å²) in [6, 6.07) is 2.13. The molecule has 0 aliphatic carbocycles. The van der Waals surface area contributed by atoms with E-state index in [4.69, 9.17) is 10.00 Å². The number of rotatable bonds is 7. The summed E-state index contributed by atoms with van der Waals surface area (Å²) in [5.41, 5.74) is 1.88. The van der Waals surface area contributed by atoms with E-state index in [1.165, 1.54) is 0 Å². The minimum atomic E-state index is 0.332. The van der Waals surface area contributed by atoms with Crippen molar-refractivity contribution in [3.05, 3.63) is 11.4 Å². The molecule has 0 amide bonds. The zero-order valence-corrected chi connectivity index (χ0v) is 10.8. The number of aryl methyl sites for hydroxylation is 1. The minimum Gasteiger partial charge on any atom is -0.382 e. The zero-order chi connectivity index (χ0) is 12.7. The number of hydrogen-bond donors (Lipinski definition) is 0. The Morgan fingerprint density at radius 2 is 2.24 bits per heavy atom. The van der Waals surface area contributed by atoms with E-state index in [2.05, 4.69) is 30.2 Å². The largest absolute Gasteiger partial charge is 0.382 e. The van der Waals surface area contributed by atoms with E-state index in [-0.39, 0.29) is 0 Å². The van der Waals surface area contributed by atoms with Gasteiger partial charge in [0.15, 0.2) is 0 Å². The first kappa shape index (κ1) is 13.7. The molecule has 0 unspecified atom stereocenters. The van der Waals surface area contributed by atoms with Gasteiger partial charge in [0.2, 0.25) is 0 Å². The van der Waals surface area contributed by atoms with Crippen LogP contribution in [-0.2, 0) is 17.7 Å². The van der Waals surface area contributed by atoms with Gasteiger partial charge in [-0.15, -0.1) is 5.10 Å². The SMILES string of the molecule is CCOCCCn1nnc(CC#N)c1C(C)C. The maximum Gasteiger partial charge on any atom is 0.100 e. The van der Waals surface area contributed by atoms with Crippen molar-refractivity contribution < 1.29 is 4.74 Å². The maximum absolute atomic E-state index is 8.73. The molecule has 1 aromatic rings. The van der Waals surface area contributed by atoms with E-state index in [1.54, 1.807) is 0 Å². The molecule has 1 aromatic heterocycles. The van der Waals surface area contributed by atoms with Gasteiger partial charge in [-0.2, -0.15) is 5.26 Å². The standard InChI is InChI=1S/C12H20N4O/c1-4-17-9-5-8-16-12(10(2)3)11(6-7-13)14-15-16/h10H,4-6,8-9H2,1-3H3. The Hall–Kier alpha value is -1.41. The Labute approximate surface area is 102 Å². The van der Waals surface area contributed by atoms with Gasteiger partial charge >= 0.3 is 0 Å². The second-order valence-electron chi connectivity index (χ2n) is 4.18. The predicted molar refractivity (Wildman–Crippen MR) is 64.5 cm³/mol. The number of hydrogen-bond acceptors (Lipinski definition) is 4. The molecule has 94 valence electrons. The van der Waals surface area contributed by atoms with Gasteiger partial charge in [0.1, 0.15) is 5.69 Å². The first-order chi connectivity index (χ1) is 8.20. The van der Waals surface area contributed by atoms with E-state index in [0.29, 0.717) is 12.3 Å². The van der Waals surface area contributed by atoms with Crippen molar-refractivity contribution in [2.45, 2.75) is 46.1 Å². The quantitative estimate of drug-likeness (QED) is 0.678.